The first-order chi connectivity index (χ1) is 19.0. The minimum absolute atomic E-state index is 0.0347. The van der Waals surface area contributed by atoms with E-state index in [0.717, 1.165) is 0 Å². The number of nitrogen functional groups attached to an aromatic ring is 1. The van der Waals surface area contributed by atoms with Crippen molar-refractivity contribution in [2.75, 3.05) is 23.2 Å². The van der Waals surface area contributed by atoms with Crippen molar-refractivity contribution in [3.8, 4) is 17.2 Å². The second-order valence-electron chi connectivity index (χ2n) is 9.81. The minimum atomic E-state index is -0.846. The van der Waals surface area contributed by atoms with Gasteiger partial charge >= 0.3 is 6.09 Å². The first kappa shape index (κ1) is 29.3. The van der Waals surface area contributed by atoms with Crippen LogP contribution in [-0.2, 0) is 9.53 Å². The fourth-order valence-corrected chi connectivity index (χ4v) is 5.48. The summed E-state index contributed by atoms with van der Waals surface area (Å²) in [4.78, 5) is 25.4. The molecule has 0 unspecified atom stereocenters. The van der Waals surface area contributed by atoms with Gasteiger partial charge in [-0.25, -0.2) is 4.79 Å². The number of para-hydroxylation sites is 2. The van der Waals surface area contributed by atoms with Crippen LogP contribution in [0.4, 0.5) is 21.9 Å². The Morgan fingerprint density at radius 3 is 2.62 bits per heavy atom. The van der Waals surface area contributed by atoms with Gasteiger partial charge < -0.3 is 30.4 Å². The molecule has 5 N–H and O–H groups in total. The van der Waals surface area contributed by atoms with Crippen LogP contribution in [0.1, 0.15) is 38.4 Å². The van der Waals surface area contributed by atoms with Crippen molar-refractivity contribution < 1.29 is 28.9 Å². The van der Waals surface area contributed by atoms with Crippen molar-refractivity contribution in [2.45, 2.75) is 32.8 Å². The summed E-state index contributed by atoms with van der Waals surface area (Å²) in [6.45, 7) is 3.98. The van der Waals surface area contributed by atoms with Crippen LogP contribution in [0.3, 0.4) is 0 Å². The van der Waals surface area contributed by atoms with Crippen LogP contribution in [0, 0.1) is 5.41 Å². The molecule has 0 aromatic heterocycles. The molecule has 0 bridgehead atoms. The summed E-state index contributed by atoms with van der Waals surface area (Å²) in [5, 5.41) is 16.4. The number of nitrogens with one attached hydrogen (secondary N) is 2. The number of carbonyl (C=O) groups is 2. The molecule has 4 rings (SSSR count). The number of rotatable bonds is 9. The van der Waals surface area contributed by atoms with Gasteiger partial charge in [0.05, 0.1) is 15.8 Å². The van der Waals surface area contributed by atoms with E-state index < -0.39 is 17.6 Å². The highest BCUT2D eigenvalue weighted by Crippen LogP contribution is 2.46. The maximum absolute atomic E-state index is 13.1. The SMILES string of the molecule is CC(C)(CC/C=C/C(=O)Nc1ccccc1N)[C@@H](OC(=O)Nc1ccc2c(c1)OCO2)c1cc(Br)cc(Br)c1O. The maximum Gasteiger partial charge on any atom is 0.412 e. The summed E-state index contributed by atoms with van der Waals surface area (Å²) < 4.78 is 17.8. The molecule has 0 aliphatic carbocycles. The highest BCUT2D eigenvalue weighted by molar-refractivity contribution is 9.11. The molecular weight excluding hydrogens is 646 g/mol. The first-order valence-electron chi connectivity index (χ1n) is 12.4. The number of phenolic OH excluding ortho intramolecular Hbond substituents is 1. The molecule has 40 heavy (non-hydrogen) atoms. The molecule has 1 aliphatic heterocycles. The Labute approximate surface area is 248 Å². The Bertz CT molecular complexity index is 1440. The highest BCUT2D eigenvalue weighted by Gasteiger charge is 2.36. The van der Waals surface area contributed by atoms with E-state index in [1.807, 2.05) is 13.8 Å². The predicted molar refractivity (Wildman–Crippen MR) is 161 cm³/mol. The van der Waals surface area contributed by atoms with Gasteiger partial charge in [0, 0.05) is 27.2 Å². The summed E-state index contributed by atoms with van der Waals surface area (Å²) in [6.07, 6.45) is 2.67. The quantitative estimate of drug-likeness (QED) is 0.136. The molecule has 0 radical (unpaired) electrons. The number of ether oxygens (including phenoxy) is 3. The minimum Gasteiger partial charge on any atom is -0.506 e. The fourth-order valence-electron chi connectivity index (χ4n) is 4.22. The smallest absolute Gasteiger partial charge is 0.412 e. The number of hydrogen-bond donors (Lipinski definition) is 4. The Hall–Kier alpha value is -3.70. The Kier molecular flexibility index (Phi) is 9.26. The van der Waals surface area contributed by atoms with Crippen molar-refractivity contribution in [1.29, 1.82) is 0 Å². The molecule has 11 heteroatoms. The van der Waals surface area contributed by atoms with Crippen LogP contribution in [0.2, 0.25) is 0 Å². The van der Waals surface area contributed by atoms with Gasteiger partial charge in [-0.15, -0.1) is 0 Å². The number of aromatic hydroxyl groups is 1. The van der Waals surface area contributed by atoms with Gasteiger partial charge in [-0.2, -0.15) is 0 Å². The van der Waals surface area contributed by atoms with Gasteiger partial charge in [0.1, 0.15) is 11.9 Å². The lowest BCUT2D eigenvalue weighted by molar-refractivity contribution is -0.111. The largest absolute Gasteiger partial charge is 0.506 e. The van der Waals surface area contributed by atoms with Crippen LogP contribution in [0.15, 0.2) is 75.7 Å². The zero-order valence-electron chi connectivity index (χ0n) is 21.9. The zero-order chi connectivity index (χ0) is 28.9. The number of allylic oxidation sites excluding steroid dienone is 1. The first-order valence-corrected chi connectivity index (χ1v) is 14.0. The molecule has 1 atom stereocenters. The monoisotopic (exact) mass is 673 g/mol. The second kappa shape index (κ2) is 12.6. The molecule has 0 fully saturated rings. The van der Waals surface area contributed by atoms with E-state index >= 15 is 0 Å². The van der Waals surface area contributed by atoms with E-state index in [-0.39, 0.29) is 18.4 Å². The fraction of sp³-hybridized carbons (Fsp3) is 0.241. The third-order valence-electron chi connectivity index (χ3n) is 6.34. The van der Waals surface area contributed by atoms with E-state index in [0.29, 0.717) is 55.9 Å². The third-order valence-corrected chi connectivity index (χ3v) is 7.40. The second-order valence-corrected chi connectivity index (χ2v) is 11.6. The highest BCUT2D eigenvalue weighted by atomic mass is 79.9. The molecule has 2 amide bonds. The number of amides is 2. The Morgan fingerprint density at radius 2 is 1.85 bits per heavy atom. The van der Waals surface area contributed by atoms with Gasteiger partial charge in [-0.05, 0) is 71.2 Å². The lowest BCUT2D eigenvalue weighted by Crippen LogP contribution is -2.29. The van der Waals surface area contributed by atoms with Gasteiger partial charge in [-0.1, -0.05) is 48.0 Å². The molecular formula is C29H29Br2N3O6. The van der Waals surface area contributed by atoms with Crippen molar-refractivity contribution in [1.82, 2.24) is 0 Å². The number of nitrogens with two attached hydrogens (primary N) is 1. The number of halogens is 2. The standard InChI is InChI=1S/C29H29Br2N3O6/c1-29(2,12-6-5-9-25(35)34-22-8-4-3-7-21(22)32)27(19-13-17(30)14-20(31)26(19)36)40-28(37)33-18-10-11-23-24(15-18)39-16-38-23/h3-5,7-11,13-15,27,36H,6,12,16,32H2,1-2H3,(H,33,37)(H,34,35)/b9-5+/t27-/m0/s1. The molecule has 0 saturated heterocycles. The maximum atomic E-state index is 13.1. The summed E-state index contributed by atoms with van der Waals surface area (Å²) in [5.74, 6) is 0.775. The molecule has 0 spiro atoms. The van der Waals surface area contributed by atoms with Crippen molar-refractivity contribution in [3.63, 3.8) is 0 Å². The van der Waals surface area contributed by atoms with E-state index in [9.17, 15) is 14.7 Å². The van der Waals surface area contributed by atoms with Crippen molar-refractivity contribution in [2.24, 2.45) is 5.41 Å². The molecule has 1 aliphatic rings. The average Bonchev–Trinajstić information content (AvgIpc) is 3.37. The lowest BCUT2D eigenvalue weighted by Gasteiger charge is -2.34. The van der Waals surface area contributed by atoms with E-state index in [2.05, 4.69) is 42.5 Å². The Morgan fingerprint density at radius 1 is 1.10 bits per heavy atom. The summed E-state index contributed by atoms with van der Waals surface area (Å²) in [5.41, 5.74) is 7.14. The van der Waals surface area contributed by atoms with E-state index in [1.165, 1.54) is 6.08 Å². The van der Waals surface area contributed by atoms with Crippen molar-refractivity contribution >= 4 is 60.9 Å². The third kappa shape index (κ3) is 7.28. The molecule has 1 heterocycles. The average molecular weight is 675 g/mol. The molecule has 9 nitrogen and oxygen atoms in total. The number of hydrogen-bond acceptors (Lipinski definition) is 7. The van der Waals surface area contributed by atoms with Crippen LogP contribution in [-0.4, -0.2) is 23.9 Å². The zero-order valence-corrected chi connectivity index (χ0v) is 25.0. The molecule has 0 saturated carbocycles. The van der Waals surface area contributed by atoms with Crippen LogP contribution < -0.4 is 25.8 Å². The van der Waals surface area contributed by atoms with Crippen LogP contribution in [0.25, 0.3) is 0 Å². The number of fused-ring (bicyclic) bond motifs is 1. The van der Waals surface area contributed by atoms with Crippen LogP contribution >= 0.6 is 31.9 Å². The number of benzene rings is 3. The number of carbonyl (C=O) groups excluding carboxylic acids is 2. The molecule has 3 aromatic carbocycles. The number of anilines is 3. The van der Waals surface area contributed by atoms with E-state index in [1.54, 1.807) is 60.7 Å². The van der Waals surface area contributed by atoms with Gasteiger partial charge in [0.15, 0.2) is 11.5 Å². The lowest BCUT2D eigenvalue weighted by atomic mass is 9.78. The topological polar surface area (TPSA) is 132 Å². The normalized spacial score (nSPS) is 13.2. The van der Waals surface area contributed by atoms with Gasteiger partial charge in [0.25, 0.3) is 0 Å². The van der Waals surface area contributed by atoms with Gasteiger partial charge in [-0.3, -0.25) is 10.1 Å². The summed E-state index contributed by atoms with van der Waals surface area (Å²) in [7, 11) is 0. The summed E-state index contributed by atoms with van der Waals surface area (Å²) >= 11 is 6.82. The molecule has 3 aromatic rings. The van der Waals surface area contributed by atoms with Crippen molar-refractivity contribution in [3.05, 3.63) is 81.3 Å². The predicted octanol–water partition coefficient (Wildman–Crippen LogP) is 7.52. The Balaban J connectivity index is 1.48. The molecule has 210 valence electrons. The summed E-state index contributed by atoms with van der Waals surface area (Å²) in [6, 6.07) is 15.5. The van der Waals surface area contributed by atoms with Crippen LogP contribution in [0.5, 0.6) is 17.2 Å². The number of phenols is 1. The van der Waals surface area contributed by atoms with Gasteiger partial charge in [0.2, 0.25) is 12.7 Å². The van der Waals surface area contributed by atoms with E-state index in [4.69, 9.17) is 19.9 Å².